The second-order valence-corrected chi connectivity index (χ2v) is 3.65. The molecular formula is C10H14N4O6. The van der Waals surface area contributed by atoms with E-state index in [0.29, 0.717) is 0 Å². The van der Waals surface area contributed by atoms with Gasteiger partial charge in [-0.25, -0.2) is 0 Å². The molecule has 0 bridgehead atoms. The van der Waals surface area contributed by atoms with Crippen molar-refractivity contribution >= 4 is 17.6 Å². The van der Waals surface area contributed by atoms with Crippen molar-refractivity contribution in [3.8, 4) is 5.88 Å². The summed E-state index contributed by atoms with van der Waals surface area (Å²) in [5, 5.41) is 16.8. The normalized spacial score (nSPS) is 9.90. The molecule has 1 aromatic heterocycles. The maximum absolute atomic E-state index is 11.4. The zero-order valence-corrected chi connectivity index (χ0v) is 11.0. The number of aryl methyl sites for hydroxylation is 1. The summed E-state index contributed by atoms with van der Waals surface area (Å²) in [6.07, 6.45) is 1.19. The number of esters is 1. The van der Waals surface area contributed by atoms with Crippen LogP contribution in [0.2, 0.25) is 0 Å². The molecule has 0 saturated heterocycles. The summed E-state index contributed by atoms with van der Waals surface area (Å²) in [5.41, 5.74) is -0.275. The third kappa shape index (κ3) is 4.23. The first kappa shape index (κ1) is 15.4. The fraction of sp³-hybridized carbons (Fsp3) is 0.500. The van der Waals surface area contributed by atoms with Crippen LogP contribution in [-0.2, 0) is 20.9 Å². The van der Waals surface area contributed by atoms with Crippen molar-refractivity contribution in [1.29, 1.82) is 0 Å². The Balaban J connectivity index is 2.51. The van der Waals surface area contributed by atoms with Crippen LogP contribution in [0.3, 0.4) is 0 Å². The Morgan fingerprint density at radius 2 is 2.20 bits per heavy atom. The topological polar surface area (TPSA) is 126 Å². The van der Waals surface area contributed by atoms with Crippen molar-refractivity contribution in [2.45, 2.75) is 13.0 Å². The van der Waals surface area contributed by atoms with E-state index in [4.69, 9.17) is 4.74 Å². The first-order valence-electron chi connectivity index (χ1n) is 5.57. The van der Waals surface area contributed by atoms with Gasteiger partial charge in [-0.3, -0.25) is 24.4 Å². The number of ether oxygens (including phenoxy) is 2. The molecule has 0 radical (unpaired) electrons. The average Bonchev–Trinajstić information content (AvgIpc) is 2.85. The first-order chi connectivity index (χ1) is 9.47. The van der Waals surface area contributed by atoms with Gasteiger partial charge in [-0.2, -0.15) is 0 Å². The van der Waals surface area contributed by atoms with E-state index in [1.54, 1.807) is 0 Å². The second-order valence-electron chi connectivity index (χ2n) is 3.65. The minimum absolute atomic E-state index is 0.0129. The van der Waals surface area contributed by atoms with Gasteiger partial charge in [-0.1, -0.05) is 0 Å². The van der Waals surface area contributed by atoms with Gasteiger partial charge in [0.05, 0.1) is 25.7 Å². The molecular weight excluding hydrogens is 272 g/mol. The van der Waals surface area contributed by atoms with E-state index < -0.39 is 16.8 Å². The lowest BCUT2D eigenvalue weighted by Crippen LogP contribution is -2.30. The molecule has 1 heterocycles. The molecule has 0 aromatic carbocycles. The highest BCUT2D eigenvalue weighted by Gasteiger charge is 2.20. The monoisotopic (exact) mass is 286 g/mol. The number of hydrogen-bond donors (Lipinski definition) is 1. The zero-order chi connectivity index (χ0) is 15.1. The molecule has 0 atom stereocenters. The van der Waals surface area contributed by atoms with Gasteiger partial charge in [-0.15, -0.1) is 5.10 Å². The Morgan fingerprint density at radius 3 is 2.70 bits per heavy atom. The highest BCUT2D eigenvalue weighted by Crippen LogP contribution is 2.23. The second kappa shape index (κ2) is 7.07. The highest BCUT2D eigenvalue weighted by molar-refractivity contribution is 5.81. The summed E-state index contributed by atoms with van der Waals surface area (Å²) in [4.78, 5) is 32.3. The maximum Gasteiger partial charge on any atom is 0.350 e. The molecule has 1 rings (SSSR count). The molecule has 110 valence electrons. The number of nitro groups is 1. The Labute approximate surface area is 113 Å². The Kier molecular flexibility index (Phi) is 5.44. The van der Waals surface area contributed by atoms with Crippen LogP contribution in [0.5, 0.6) is 5.88 Å². The summed E-state index contributed by atoms with van der Waals surface area (Å²) in [6.45, 7) is -0.102. The minimum atomic E-state index is -0.625. The summed E-state index contributed by atoms with van der Waals surface area (Å²) < 4.78 is 10.3. The predicted molar refractivity (Wildman–Crippen MR) is 65.1 cm³/mol. The Morgan fingerprint density at radius 1 is 1.50 bits per heavy atom. The van der Waals surface area contributed by atoms with Crippen LogP contribution in [-0.4, -0.2) is 47.3 Å². The van der Waals surface area contributed by atoms with Crippen LogP contribution in [0.1, 0.15) is 6.42 Å². The number of carbonyl (C=O) groups is 2. The summed E-state index contributed by atoms with van der Waals surface area (Å²) in [6, 6.07) is 0. The van der Waals surface area contributed by atoms with Crippen molar-refractivity contribution in [2.24, 2.45) is 0 Å². The van der Waals surface area contributed by atoms with Gasteiger partial charge < -0.3 is 14.8 Å². The summed E-state index contributed by atoms with van der Waals surface area (Å²) >= 11 is 0. The van der Waals surface area contributed by atoms with Crippen LogP contribution >= 0.6 is 0 Å². The summed E-state index contributed by atoms with van der Waals surface area (Å²) in [7, 11) is 2.48. The van der Waals surface area contributed by atoms with Gasteiger partial charge in [0.15, 0.2) is 0 Å². The molecule has 0 unspecified atom stereocenters. The quantitative estimate of drug-likeness (QED) is 0.406. The van der Waals surface area contributed by atoms with E-state index in [2.05, 4.69) is 15.2 Å². The van der Waals surface area contributed by atoms with Crippen LogP contribution in [0.15, 0.2) is 6.20 Å². The minimum Gasteiger partial charge on any atom is -0.475 e. The van der Waals surface area contributed by atoms with Gasteiger partial charge in [0, 0.05) is 6.42 Å². The van der Waals surface area contributed by atoms with Gasteiger partial charge in [0.25, 0.3) is 0 Å². The molecule has 1 amide bonds. The lowest BCUT2D eigenvalue weighted by atomic mass is 10.4. The van der Waals surface area contributed by atoms with Crippen molar-refractivity contribution < 1.29 is 24.0 Å². The predicted octanol–water partition coefficient (Wildman–Crippen LogP) is -0.521. The maximum atomic E-state index is 11.4. The van der Waals surface area contributed by atoms with Crippen LogP contribution in [0, 0.1) is 10.1 Å². The van der Waals surface area contributed by atoms with Gasteiger partial charge >= 0.3 is 17.5 Å². The Bertz CT molecular complexity index is 512. The molecule has 1 N–H and O–H groups in total. The van der Waals surface area contributed by atoms with Gasteiger partial charge in [0.1, 0.15) is 12.7 Å². The van der Waals surface area contributed by atoms with Crippen molar-refractivity contribution in [3.05, 3.63) is 16.3 Å². The van der Waals surface area contributed by atoms with Crippen LogP contribution < -0.4 is 10.1 Å². The SMILES string of the molecule is COC(=O)CNC(=O)CCn1cc([N+](=O)[O-])c(OC)n1. The van der Waals surface area contributed by atoms with Crippen LogP contribution in [0.25, 0.3) is 0 Å². The number of aromatic nitrogens is 2. The fourth-order valence-electron chi connectivity index (χ4n) is 1.33. The van der Waals surface area contributed by atoms with Gasteiger partial charge in [0.2, 0.25) is 5.91 Å². The van der Waals surface area contributed by atoms with E-state index in [1.807, 2.05) is 0 Å². The number of nitrogens with one attached hydrogen (secondary N) is 1. The smallest absolute Gasteiger partial charge is 0.350 e. The lowest BCUT2D eigenvalue weighted by Gasteiger charge is -2.03. The van der Waals surface area contributed by atoms with E-state index in [-0.39, 0.29) is 31.1 Å². The number of amides is 1. The zero-order valence-electron chi connectivity index (χ0n) is 11.0. The van der Waals surface area contributed by atoms with E-state index >= 15 is 0 Å². The molecule has 1 aromatic rings. The van der Waals surface area contributed by atoms with Crippen molar-refractivity contribution in [1.82, 2.24) is 15.1 Å². The van der Waals surface area contributed by atoms with E-state index in [1.165, 1.54) is 25.1 Å². The first-order valence-corrected chi connectivity index (χ1v) is 5.57. The molecule has 0 spiro atoms. The molecule has 0 aliphatic carbocycles. The lowest BCUT2D eigenvalue weighted by molar-refractivity contribution is -0.385. The average molecular weight is 286 g/mol. The standard InChI is InChI=1S/C10H14N4O6/c1-19-9(16)5-11-8(15)3-4-13-6-7(14(17)18)10(12-13)20-2/h6H,3-5H2,1-2H3,(H,11,15). The molecule has 0 aliphatic heterocycles. The fourth-order valence-corrected chi connectivity index (χ4v) is 1.33. The number of carbonyl (C=O) groups excluding carboxylic acids is 2. The summed E-state index contributed by atoms with van der Waals surface area (Å²) in [5.74, 6) is -1.08. The van der Waals surface area contributed by atoms with Crippen molar-refractivity contribution in [2.75, 3.05) is 20.8 Å². The Hall–Kier alpha value is -2.65. The van der Waals surface area contributed by atoms with Crippen molar-refractivity contribution in [3.63, 3.8) is 0 Å². The third-order valence-electron chi connectivity index (χ3n) is 2.33. The van der Waals surface area contributed by atoms with E-state index in [9.17, 15) is 19.7 Å². The molecule has 10 nitrogen and oxygen atoms in total. The molecule has 10 heteroatoms. The van der Waals surface area contributed by atoms with Crippen LogP contribution in [0.4, 0.5) is 5.69 Å². The molecule has 0 fully saturated rings. The van der Waals surface area contributed by atoms with Gasteiger partial charge in [-0.05, 0) is 0 Å². The largest absolute Gasteiger partial charge is 0.475 e. The number of rotatable bonds is 7. The molecule has 20 heavy (non-hydrogen) atoms. The number of nitrogens with zero attached hydrogens (tertiary/aromatic N) is 3. The number of methoxy groups -OCH3 is 2. The highest BCUT2D eigenvalue weighted by atomic mass is 16.6. The molecule has 0 saturated carbocycles. The molecule has 0 aliphatic rings. The number of hydrogen-bond acceptors (Lipinski definition) is 7. The van der Waals surface area contributed by atoms with E-state index in [0.717, 1.165) is 0 Å². The third-order valence-corrected chi connectivity index (χ3v) is 2.33.